The normalized spacial score (nSPS) is 19.7. The van der Waals surface area contributed by atoms with Crippen LogP contribution >= 0.6 is 0 Å². The third kappa shape index (κ3) is 8.30. The lowest BCUT2D eigenvalue weighted by Crippen LogP contribution is -2.46. The average molecular weight is 363 g/mol. The summed E-state index contributed by atoms with van der Waals surface area (Å²) in [5, 5.41) is 3.31. The maximum atomic E-state index is 11.0. The summed E-state index contributed by atoms with van der Waals surface area (Å²) in [6.07, 6.45) is 3.73. The Morgan fingerprint density at radius 3 is 2.75 bits per heavy atom. The zero-order valence-corrected chi connectivity index (χ0v) is 16.4. The van der Waals surface area contributed by atoms with Crippen LogP contribution in [0.25, 0.3) is 0 Å². The molecule has 7 nitrogen and oxygen atoms in total. The molecule has 0 aliphatic carbocycles. The largest absolute Gasteiger partial charge is 0.378 e. The van der Waals surface area contributed by atoms with Crippen LogP contribution in [0.5, 0.6) is 0 Å². The second-order valence-electron chi connectivity index (χ2n) is 6.28. The summed E-state index contributed by atoms with van der Waals surface area (Å²) in [7, 11) is -0.889. The number of likely N-dealkylation sites (N-methyl/N-ethyl adjacent to an activating group) is 2. The van der Waals surface area contributed by atoms with Crippen molar-refractivity contribution in [2.24, 2.45) is 4.99 Å². The molecule has 1 atom stereocenters. The molecular formula is C16H34N4O3S. The van der Waals surface area contributed by atoms with E-state index < -0.39 is 9.84 Å². The number of hydrogen-bond acceptors (Lipinski definition) is 5. The van der Waals surface area contributed by atoms with Gasteiger partial charge in [0.25, 0.3) is 0 Å². The van der Waals surface area contributed by atoms with Gasteiger partial charge in [-0.3, -0.25) is 9.89 Å². The number of nitrogens with zero attached hydrogens (tertiary/aromatic N) is 3. The van der Waals surface area contributed by atoms with Crippen molar-refractivity contribution >= 4 is 15.8 Å². The molecule has 0 aromatic rings. The molecule has 24 heavy (non-hydrogen) atoms. The number of aliphatic imine (C=N–C) groups is 1. The van der Waals surface area contributed by atoms with Crippen molar-refractivity contribution in [3.05, 3.63) is 0 Å². The fraction of sp³-hybridized carbons (Fsp3) is 0.938. The Kier molecular flexibility index (Phi) is 9.61. The molecule has 1 aliphatic rings. The van der Waals surface area contributed by atoms with E-state index in [1.165, 1.54) is 25.6 Å². The first kappa shape index (κ1) is 21.2. The molecular weight excluding hydrogens is 328 g/mol. The number of likely N-dealkylation sites (tertiary alicyclic amines) is 1. The second-order valence-corrected chi connectivity index (χ2v) is 8.54. The van der Waals surface area contributed by atoms with Crippen LogP contribution in [-0.4, -0.2) is 95.2 Å². The summed E-state index contributed by atoms with van der Waals surface area (Å²) in [5.74, 6) is 0.942. The van der Waals surface area contributed by atoms with E-state index in [0.29, 0.717) is 19.2 Å². The lowest BCUT2D eigenvalue weighted by molar-refractivity contribution is 0.157. The van der Waals surface area contributed by atoms with Crippen LogP contribution in [0.4, 0.5) is 0 Å². The van der Waals surface area contributed by atoms with Crippen molar-refractivity contribution in [1.82, 2.24) is 15.1 Å². The predicted molar refractivity (Wildman–Crippen MR) is 99.4 cm³/mol. The summed E-state index contributed by atoms with van der Waals surface area (Å²) in [6.45, 7) is 9.53. The molecule has 8 heteroatoms. The highest BCUT2D eigenvalue weighted by Crippen LogP contribution is 2.17. The molecule has 0 radical (unpaired) electrons. The lowest BCUT2D eigenvalue weighted by Gasteiger charge is -2.29. The van der Waals surface area contributed by atoms with Gasteiger partial charge < -0.3 is 15.0 Å². The number of sulfone groups is 1. The Morgan fingerprint density at radius 2 is 2.12 bits per heavy atom. The van der Waals surface area contributed by atoms with Gasteiger partial charge in [-0.2, -0.15) is 0 Å². The third-order valence-corrected chi connectivity index (χ3v) is 5.09. The number of ether oxygens (including phenoxy) is 1. The minimum Gasteiger partial charge on any atom is -0.378 e. The smallest absolute Gasteiger partial charge is 0.193 e. The summed E-state index contributed by atoms with van der Waals surface area (Å²) < 4.78 is 27.4. The number of nitrogens with one attached hydrogen (secondary N) is 1. The zero-order chi connectivity index (χ0) is 18.0. The highest BCUT2D eigenvalue weighted by Gasteiger charge is 2.24. The van der Waals surface area contributed by atoms with Crippen LogP contribution in [0.2, 0.25) is 0 Å². The molecule has 1 unspecified atom stereocenters. The Labute approximate surface area is 147 Å². The summed E-state index contributed by atoms with van der Waals surface area (Å²) in [6, 6.07) is 0.592. The van der Waals surface area contributed by atoms with Crippen LogP contribution in [0.1, 0.15) is 26.7 Å². The first-order valence-corrected chi connectivity index (χ1v) is 10.9. The summed E-state index contributed by atoms with van der Waals surface area (Å²) >= 11 is 0. The van der Waals surface area contributed by atoms with Crippen LogP contribution < -0.4 is 5.32 Å². The first-order chi connectivity index (χ1) is 11.4. The quantitative estimate of drug-likeness (QED) is 0.345. The molecule has 0 aromatic carbocycles. The van der Waals surface area contributed by atoms with E-state index in [0.717, 1.165) is 25.6 Å². The van der Waals surface area contributed by atoms with Gasteiger partial charge in [-0.1, -0.05) is 6.92 Å². The first-order valence-electron chi connectivity index (χ1n) is 8.86. The van der Waals surface area contributed by atoms with Crippen molar-refractivity contribution in [3.63, 3.8) is 0 Å². The summed E-state index contributed by atoms with van der Waals surface area (Å²) in [5.41, 5.74) is 0. The highest BCUT2D eigenvalue weighted by atomic mass is 32.2. The van der Waals surface area contributed by atoms with Crippen LogP contribution in [0.15, 0.2) is 4.99 Å². The Bertz CT molecular complexity index is 482. The molecule has 1 N–H and O–H groups in total. The Hall–Kier alpha value is -0.860. The summed E-state index contributed by atoms with van der Waals surface area (Å²) in [4.78, 5) is 9.28. The van der Waals surface area contributed by atoms with E-state index in [2.05, 4.69) is 41.0 Å². The van der Waals surface area contributed by atoms with Crippen LogP contribution in [0.3, 0.4) is 0 Å². The molecule has 1 fully saturated rings. The van der Waals surface area contributed by atoms with E-state index in [1.54, 1.807) is 0 Å². The van der Waals surface area contributed by atoms with Gasteiger partial charge in [0.1, 0.15) is 9.84 Å². The van der Waals surface area contributed by atoms with E-state index in [-0.39, 0.29) is 12.4 Å². The standard InChI is InChI=1S/C16H34N4O3S/c1-5-17-16(18-9-11-23-12-13-24(4,21)22)19(3)14-15-8-7-10-20(15)6-2/h15H,5-14H2,1-4H3,(H,17,18). The molecule has 1 aliphatic heterocycles. The molecule has 1 heterocycles. The maximum absolute atomic E-state index is 11.0. The predicted octanol–water partition coefficient (Wildman–Crippen LogP) is 0.429. The Morgan fingerprint density at radius 1 is 1.38 bits per heavy atom. The van der Waals surface area contributed by atoms with Gasteiger partial charge in [0.05, 0.1) is 25.5 Å². The van der Waals surface area contributed by atoms with Gasteiger partial charge in [-0.15, -0.1) is 0 Å². The SMILES string of the molecule is CCNC(=NCCOCCS(C)(=O)=O)N(C)CC1CCCN1CC. The van der Waals surface area contributed by atoms with E-state index >= 15 is 0 Å². The van der Waals surface area contributed by atoms with Crippen molar-refractivity contribution < 1.29 is 13.2 Å². The number of hydrogen-bond donors (Lipinski definition) is 1. The van der Waals surface area contributed by atoms with Crippen molar-refractivity contribution in [1.29, 1.82) is 0 Å². The van der Waals surface area contributed by atoms with Gasteiger partial charge in [0.2, 0.25) is 0 Å². The van der Waals surface area contributed by atoms with Crippen LogP contribution in [0, 0.1) is 0 Å². The average Bonchev–Trinajstić information content (AvgIpc) is 2.95. The fourth-order valence-corrected chi connectivity index (χ4v) is 3.34. The van der Waals surface area contributed by atoms with Crippen molar-refractivity contribution in [2.75, 3.05) is 65.0 Å². The van der Waals surface area contributed by atoms with Crippen molar-refractivity contribution in [2.45, 2.75) is 32.7 Å². The van der Waals surface area contributed by atoms with E-state index in [4.69, 9.17) is 4.74 Å². The molecule has 0 spiro atoms. The highest BCUT2D eigenvalue weighted by molar-refractivity contribution is 7.90. The molecule has 1 rings (SSSR count). The van der Waals surface area contributed by atoms with E-state index in [1.807, 2.05) is 0 Å². The zero-order valence-electron chi connectivity index (χ0n) is 15.6. The minimum atomic E-state index is -2.96. The number of rotatable bonds is 10. The second kappa shape index (κ2) is 10.9. The third-order valence-electron chi connectivity index (χ3n) is 4.18. The molecule has 0 bridgehead atoms. The van der Waals surface area contributed by atoms with Gasteiger partial charge in [0, 0.05) is 32.4 Å². The van der Waals surface area contributed by atoms with Gasteiger partial charge >= 0.3 is 0 Å². The maximum Gasteiger partial charge on any atom is 0.193 e. The molecule has 0 saturated carbocycles. The monoisotopic (exact) mass is 362 g/mol. The number of guanidine groups is 1. The fourth-order valence-electron chi connectivity index (χ4n) is 2.92. The molecule has 0 aromatic heterocycles. The topological polar surface area (TPSA) is 74.2 Å². The molecule has 1 saturated heterocycles. The Balaban J connectivity index is 2.40. The molecule has 142 valence electrons. The molecule has 0 amide bonds. The van der Waals surface area contributed by atoms with Gasteiger partial charge in [-0.25, -0.2) is 8.42 Å². The van der Waals surface area contributed by atoms with Gasteiger partial charge in [-0.05, 0) is 32.9 Å². The lowest BCUT2D eigenvalue weighted by atomic mass is 10.2. The van der Waals surface area contributed by atoms with E-state index in [9.17, 15) is 8.42 Å². The minimum absolute atomic E-state index is 0.0607. The van der Waals surface area contributed by atoms with Gasteiger partial charge in [0.15, 0.2) is 5.96 Å². The van der Waals surface area contributed by atoms with Crippen molar-refractivity contribution in [3.8, 4) is 0 Å². The van der Waals surface area contributed by atoms with Crippen LogP contribution in [-0.2, 0) is 14.6 Å².